The third-order valence-corrected chi connectivity index (χ3v) is 4.75. The predicted molar refractivity (Wildman–Crippen MR) is 79.4 cm³/mol. The summed E-state index contributed by atoms with van der Waals surface area (Å²) >= 11 is -1.45. The smallest absolute Gasteiger partial charge is 0.271 e. The van der Waals surface area contributed by atoms with Crippen molar-refractivity contribution in [2.45, 2.75) is 10.3 Å². The zero-order valence-electron chi connectivity index (χ0n) is 11.4. The van der Waals surface area contributed by atoms with E-state index in [-0.39, 0.29) is 5.82 Å². The summed E-state index contributed by atoms with van der Waals surface area (Å²) in [7, 11) is 1.83. The van der Waals surface area contributed by atoms with E-state index >= 15 is 0 Å². The lowest BCUT2D eigenvalue weighted by atomic mass is 10.2. The van der Waals surface area contributed by atoms with Gasteiger partial charge >= 0.3 is 0 Å². The molecule has 0 aliphatic heterocycles. The molecule has 107 valence electrons. The van der Waals surface area contributed by atoms with E-state index in [1.807, 2.05) is 7.05 Å². The maximum Gasteiger partial charge on any atom is 0.271 e. The first-order valence-electron chi connectivity index (χ1n) is 6.33. The topological polar surface area (TPSA) is 53.8 Å². The third-order valence-electron chi connectivity index (χ3n) is 3.28. The van der Waals surface area contributed by atoms with Gasteiger partial charge in [0.1, 0.15) is 16.6 Å². The Labute approximate surface area is 124 Å². The van der Waals surface area contributed by atoms with Crippen LogP contribution in [0.2, 0.25) is 0 Å². The molecule has 2 unspecified atom stereocenters. The molecule has 2 heterocycles. The minimum atomic E-state index is -1.45. The third kappa shape index (κ3) is 2.52. The minimum Gasteiger partial charge on any atom is -0.610 e. The van der Waals surface area contributed by atoms with Crippen molar-refractivity contribution in [2.24, 2.45) is 7.05 Å². The summed E-state index contributed by atoms with van der Waals surface area (Å²) in [6.45, 7) is 3.94. The number of nitrogens with zero attached hydrogens (tertiary/aromatic N) is 3. The van der Waals surface area contributed by atoms with Crippen LogP contribution < -0.4 is 0 Å². The molecule has 1 aromatic carbocycles. The van der Waals surface area contributed by atoms with E-state index in [4.69, 9.17) is 0 Å². The van der Waals surface area contributed by atoms with Crippen LogP contribution in [0, 0.1) is 12.7 Å². The van der Waals surface area contributed by atoms with Gasteiger partial charge in [0.2, 0.25) is 0 Å². The van der Waals surface area contributed by atoms with Crippen LogP contribution in [0.5, 0.6) is 0 Å². The second-order valence-electron chi connectivity index (χ2n) is 4.68. The molecule has 3 rings (SSSR count). The highest BCUT2D eigenvalue weighted by Crippen LogP contribution is 2.30. The molecule has 2 aromatic heterocycles. The fraction of sp³-hybridized carbons (Fsp3) is 0.133. The monoisotopic (exact) mass is 302 g/mol. The van der Waals surface area contributed by atoms with Crippen molar-refractivity contribution in [1.29, 1.82) is 0 Å². The van der Waals surface area contributed by atoms with Gasteiger partial charge in [-0.3, -0.25) is 0 Å². The van der Waals surface area contributed by atoms with Crippen molar-refractivity contribution >= 4 is 22.2 Å². The van der Waals surface area contributed by atoms with Crippen LogP contribution in [0.15, 0.2) is 47.9 Å². The van der Waals surface area contributed by atoms with Gasteiger partial charge in [0, 0.05) is 36.9 Å². The molecule has 4 nitrogen and oxygen atoms in total. The lowest BCUT2D eigenvalue weighted by Gasteiger charge is -2.17. The first-order chi connectivity index (χ1) is 10.1. The van der Waals surface area contributed by atoms with Gasteiger partial charge in [0.25, 0.3) is 5.03 Å². The SMILES string of the molecule is [CH2]C(c1ccc(F)cc1)[S+]([O-])c1nccc2ncn(C)c12. The summed E-state index contributed by atoms with van der Waals surface area (Å²) in [4.78, 5) is 8.45. The Balaban J connectivity index is 2.01. The molecule has 0 fully saturated rings. The Bertz CT molecular complexity index is 772. The van der Waals surface area contributed by atoms with E-state index < -0.39 is 16.4 Å². The zero-order valence-corrected chi connectivity index (χ0v) is 12.2. The second kappa shape index (κ2) is 5.46. The van der Waals surface area contributed by atoms with Gasteiger partial charge < -0.3 is 9.12 Å². The molecule has 6 heteroatoms. The lowest BCUT2D eigenvalue weighted by Crippen LogP contribution is -2.14. The number of imidazole rings is 1. The number of hydrogen-bond donors (Lipinski definition) is 0. The number of rotatable bonds is 3. The molecule has 0 bridgehead atoms. The van der Waals surface area contributed by atoms with E-state index in [2.05, 4.69) is 16.9 Å². The fourth-order valence-electron chi connectivity index (χ4n) is 2.15. The number of halogens is 1. The second-order valence-corrected chi connectivity index (χ2v) is 6.23. The van der Waals surface area contributed by atoms with Crippen molar-refractivity contribution in [3.63, 3.8) is 0 Å². The molecule has 3 aromatic rings. The highest BCUT2D eigenvalue weighted by atomic mass is 32.2. The Kier molecular flexibility index (Phi) is 3.65. The van der Waals surface area contributed by atoms with Crippen molar-refractivity contribution < 1.29 is 8.94 Å². The van der Waals surface area contributed by atoms with Gasteiger partial charge in [-0.25, -0.2) is 14.4 Å². The Morgan fingerprint density at radius 2 is 1.95 bits per heavy atom. The van der Waals surface area contributed by atoms with Gasteiger partial charge in [-0.2, -0.15) is 0 Å². The first kappa shape index (κ1) is 14.0. The van der Waals surface area contributed by atoms with Crippen LogP contribution in [0.3, 0.4) is 0 Å². The van der Waals surface area contributed by atoms with Gasteiger partial charge in [0.05, 0.1) is 11.8 Å². The molecular weight excluding hydrogens is 289 g/mol. The molecule has 0 saturated carbocycles. The molecule has 0 amide bonds. The van der Waals surface area contributed by atoms with E-state index in [0.29, 0.717) is 10.6 Å². The molecule has 0 aliphatic rings. The summed E-state index contributed by atoms with van der Waals surface area (Å²) in [5, 5.41) is -0.0876. The molecule has 2 atom stereocenters. The number of hydrogen-bond acceptors (Lipinski definition) is 3. The molecular formula is C15H13FN3OS. The van der Waals surface area contributed by atoms with Crippen LogP contribution in [-0.4, -0.2) is 19.1 Å². The van der Waals surface area contributed by atoms with E-state index in [1.54, 1.807) is 35.3 Å². The molecule has 0 aliphatic carbocycles. The zero-order chi connectivity index (χ0) is 15.0. The molecule has 0 saturated heterocycles. The normalized spacial score (nSPS) is 14.3. The number of benzene rings is 1. The fourth-order valence-corrected chi connectivity index (χ4v) is 3.43. The molecule has 0 spiro atoms. The van der Waals surface area contributed by atoms with Crippen molar-refractivity contribution in [1.82, 2.24) is 14.5 Å². The molecule has 0 N–H and O–H groups in total. The average molecular weight is 302 g/mol. The van der Waals surface area contributed by atoms with E-state index in [0.717, 1.165) is 11.0 Å². The van der Waals surface area contributed by atoms with Crippen LogP contribution >= 0.6 is 0 Å². The summed E-state index contributed by atoms with van der Waals surface area (Å²) in [6.07, 6.45) is 3.24. The molecule has 1 radical (unpaired) electrons. The van der Waals surface area contributed by atoms with E-state index in [1.165, 1.54) is 12.1 Å². The van der Waals surface area contributed by atoms with Crippen molar-refractivity contribution in [3.8, 4) is 0 Å². The first-order valence-corrected chi connectivity index (χ1v) is 7.54. The van der Waals surface area contributed by atoms with Crippen LogP contribution in [-0.2, 0) is 18.2 Å². The molecule has 21 heavy (non-hydrogen) atoms. The Morgan fingerprint density at radius 3 is 2.67 bits per heavy atom. The maximum absolute atomic E-state index is 13.0. The Hall–Kier alpha value is -1.92. The van der Waals surface area contributed by atoms with Crippen LogP contribution in [0.1, 0.15) is 10.8 Å². The van der Waals surface area contributed by atoms with Gasteiger partial charge in [-0.15, -0.1) is 0 Å². The van der Waals surface area contributed by atoms with Crippen LogP contribution in [0.25, 0.3) is 11.0 Å². The minimum absolute atomic E-state index is 0.330. The number of aryl methyl sites for hydroxylation is 1. The highest BCUT2D eigenvalue weighted by molar-refractivity contribution is 7.91. The Morgan fingerprint density at radius 1 is 1.24 bits per heavy atom. The summed E-state index contributed by atoms with van der Waals surface area (Å²) in [5.74, 6) is -0.330. The predicted octanol–water partition coefficient (Wildman–Crippen LogP) is 2.79. The summed E-state index contributed by atoms with van der Waals surface area (Å²) in [6, 6.07) is 7.63. The highest BCUT2D eigenvalue weighted by Gasteiger charge is 2.27. The number of pyridine rings is 1. The number of fused-ring (bicyclic) bond motifs is 1. The largest absolute Gasteiger partial charge is 0.610 e. The lowest BCUT2D eigenvalue weighted by molar-refractivity contribution is 0.585. The van der Waals surface area contributed by atoms with E-state index in [9.17, 15) is 8.94 Å². The standard InChI is InChI=1S/C15H13FN3OS/c1-10(11-3-5-12(16)6-4-11)21(20)15-14-13(7-8-17-15)18-9-19(14)2/h3-10H,1H2,2H3. The van der Waals surface area contributed by atoms with Gasteiger partial charge in [-0.05, 0) is 18.2 Å². The average Bonchev–Trinajstić information content (AvgIpc) is 2.88. The van der Waals surface area contributed by atoms with Gasteiger partial charge in [0.15, 0.2) is 0 Å². The van der Waals surface area contributed by atoms with Crippen molar-refractivity contribution in [3.05, 3.63) is 61.2 Å². The number of aromatic nitrogens is 3. The quantitative estimate of drug-likeness (QED) is 0.699. The van der Waals surface area contributed by atoms with Gasteiger partial charge in [-0.1, -0.05) is 12.1 Å². The maximum atomic E-state index is 13.0. The van der Waals surface area contributed by atoms with Crippen molar-refractivity contribution in [2.75, 3.05) is 0 Å². The summed E-state index contributed by atoms with van der Waals surface area (Å²) in [5.41, 5.74) is 2.17. The van der Waals surface area contributed by atoms with Crippen LogP contribution in [0.4, 0.5) is 4.39 Å². The summed E-state index contributed by atoms with van der Waals surface area (Å²) < 4.78 is 27.5.